The van der Waals surface area contributed by atoms with Gasteiger partial charge in [-0.2, -0.15) is 0 Å². The number of aromatic nitrogens is 2. The second-order valence-corrected chi connectivity index (χ2v) is 5.47. The largest absolute Gasteiger partial charge is 0.476 e. The molecular weight excluding hydrogens is 292 g/mol. The first-order valence-electron chi connectivity index (χ1n) is 7.26. The Labute approximate surface area is 134 Å². The van der Waals surface area contributed by atoms with Gasteiger partial charge in [0.1, 0.15) is 5.65 Å². The Morgan fingerprint density at radius 2 is 1.96 bits per heavy atom. The number of imidazole rings is 1. The Bertz CT molecular complexity index is 837. The molecule has 2 aromatic heterocycles. The van der Waals surface area contributed by atoms with Gasteiger partial charge in [-0.15, -0.1) is 0 Å². The highest BCUT2D eigenvalue weighted by Gasteiger charge is 2.14. The van der Waals surface area contributed by atoms with E-state index in [1.165, 1.54) is 0 Å². The molecule has 3 aromatic rings. The quantitative estimate of drug-likeness (QED) is 0.758. The van der Waals surface area contributed by atoms with Crippen LogP contribution in [0.25, 0.3) is 5.65 Å². The average molecular weight is 310 g/mol. The lowest BCUT2D eigenvalue weighted by molar-refractivity contribution is 0.0690. The standard InChI is InChI=1S/C17H18N4O2/c1-20(2)13-5-3-12(4-6-13)11-19-14-7-8-15-18-9-10-21(15)16(14)17(22)23/h3-10,19H,11H2,1-2H3,(H,22,23). The zero-order valence-electron chi connectivity index (χ0n) is 13.0. The van der Waals surface area contributed by atoms with Gasteiger partial charge in [0.25, 0.3) is 0 Å². The number of benzene rings is 1. The lowest BCUT2D eigenvalue weighted by Crippen LogP contribution is -2.11. The van der Waals surface area contributed by atoms with Crippen LogP contribution in [0.3, 0.4) is 0 Å². The molecule has 0 atom stereocenters. The molecule has 0 saturated carbocycles. The molecule has 3 rings (SSSR count). The molecule has 0 radical (unpaired) electrons. The van der Waals surface area contributed by atoms with Gasteiger partial charge in [-0.05, 0) is 29.8 Å². The highest BCUT2D eigenvalue weighted by molar-refractivity contribution is 5.93. The first-order valence-corrected chi connectivity index (χ1v) is 7.26. The summed E-state index contributed by atoms with van der Waals surface area (Å²) in [7, 11) is 3.99. The van der Waals surface area contributed by atoms with Gasteiger partial charge in [0.2, 0.25) is 0 Å². The molecule has 23 heavy (non-hydrogen) atoms. The SMILES string of the molecule is CN(C)c1ccc(CNc2ccc3nccn3c2C(=O)O)cc1. The van der Waals surface area contributed by atoms with Gasteiger partial charge in [-0.1, -0.05) is 12.1 Å². The van der Waals surface area contributed by atoms with Crippen LogP contribution in [-0.2, 0) is 6.54 Å². The van der Waals surface area contributed by atoms with Gasteiger partial charge in [0, 0.05) is 38.7 Å². The number of aromatic carboxylic acids is 1. The third kappa shape index (κ3) is 2.96. The van der Waals surface area contributed by atoms with Gasteiger partial charge in [0.15, 0.2) is 5.69 Å². The van der Waals surface area contributed by atoms with Crippen LogP contribution in [-0.4, -0.2) is 34.6 Å². The topological polar surface area (TPSA) is 69.9 Å². The molecule has 118 valence electrons. The van der Waals surface area contributed by atoms with Gasteiger partial charge in [0.05, 0.1) is 5.69 Å². The fourth-order valence-electron chi connectivity index (χ4n) is 2.46. The number of carboxylic acid groups (broad SMARTS) is 1. The summed E-state index contributed by atoms with van der Waals surface area (Å²) in [6, 6.07) is 11.7. The minimum absolute atomic E-state index is 0.185. The van der Waals surface area contributed by atoms with Crippen molar-refractivity contribution in [2.45, 2.75) is 6.54 Å². The fourth-order valence-corrected chi connectivity index (χ4v) is 2.46. The van der Waals surface area contributed by atoms with Gasteiger partial charge in [-0.25, -0.2) is 9.78 Å². The summed E-state index contributed by atoms with van der Waals surface area (Å²) < 4.78 is 1.57. The lowest BCUT2D eigenvalue weighted by Gasteiger charge is -2.14. The number of nitrogens with zero attached hydrogens (tertiary/aromatic N) is 3. The van der Waals surface area contributed by atoms with E-state index in [9.17, 15) is 9.90 Å². The number of hydrogen-bond donors (Lipinski definition) is 2. The summed E-state index contributed by atoms with van der Waals surface area (Å²) in [5.41, 5.74) is 3.57. The Balaban J connectivity index is 1.84. The van der Waals surface area contributed by atoms with Crippen LogP contribution < -0.4 is 10.2 Å². The van der Waals surface area contributed by atoms with Crippen molar-refractivity contribution >= 4 is 23.0 Å². The van der Waals surface area contributed by atoms with Crippen molar-refractivity contribution in [3.8, 4) is 0 Å². The molecule has 6 heteroatoms. The summed E-state index contributed by atoms with van der Waals surface area (Å²) in [4.78, 5) is 17.7. The minimum atomic E-state index is -0.987. The molecular formula is C17H18N4O2. The van der Waals surface area contributed by atoms with Crippen LogP contribution in [0, 0.1) is 0 Å². The van der Waals surface area contributed by atoms with Crippen molar-refractivity contribution in [1.82, 2.24) is 9.38 Å². The predicted molar refractivity (Wildman–Crippen MR) is 90.2 cm³/mol. The average Bonchev–Trinajstić information content (AvgIpc) is 3.00. The number of rotatable bonds is 5. The molecule has 0 aliphatic rings. The molecule has 0 amide bonds. The summed E-state index contributed by atoms with van der Waals surface area (Å²) >= 11 is 0. The highest BCUT2D eigenvalue weighted by Crippen LogP contribution is 2.19. The summed E-state index contributed by atoms with van der Waals surface area (Å²) in [5.74, 6) is -0.987. The molecule has 0 unspecified atom stereocenters. The molecule has 0 aliphatic heterocycles. The van der Waals surface area contributed by atoms with E-state index in [1.54, 1.807) is 28.9 Å². The van der Waals surface area contributed by atoms with E-state index in [4.69, 9.17) is 0 Å². The Morgan fingerprint density at radius 3 is 2.61 bits per heavy atom. The van der Waals surface area contributed by atoms with E-state index in [0.717, 1.165) is 11.3 Å². The van der Waals surface area contributed by atoms with Crippen LogP contribution in [0.5, 0.6) is 0 Å². The molecule has 2 heterocycles. The van der Waals surface area contributed by atoms with E-state index in [2.05, 4.69) is 10.3 Å². The maximum absolute atomic E-state index is 11.6. The number of anilines is 2. The van der Waals surface area contributed by atoms with Crippen molar-refractivity contribution in [1.29, 1.82) is 0 Å². The van der Waals surface area contributed by atoms with Crippen molar-refractivity contribution < 1.29 is 9.90 Å². The first-order chi connectivity index (χ1) is 11.1. The summed E-state index contributed by atoms with van der Waals surface area (Å²) in [6.07, 6.45) is 3.24. The van der Waals surface area contributed by atoms with Crippen molar-refractivity contribution in [3.05, 3.63) is 60.0 Å². The van der Waals surface area contributed by atoms with Gasteiger partial charge >= 0.3 is 5.97 Å². The van der Waals surface area contributed by atoms with Crippen molar-refractivity contribution in [2.24, 2.45) is 0 Å². The highest BCUT2D eigenvalue weighted by atomic mass is 16.4. The molecule has 2 N–H and O–H groups in total. The minimum Gasteiger partial charge on any atom is -0.476 e. The number of hydrogen-bond acceptors (Lipinski definition) is 4. The second-order valence-electron chi connectivity index (χ2n) is 5.47. The number of fused-ring (bicyclic) bond motifs is 1. The number of carbonyl (C=O) groups is 1. The smallest absolute Gasteiger partial charge is 0.355 e. The molecule has 1 aromatic carbocycles. The lowest BCUT2D eigenvalue weighted by atomic mass is 10.2. The summed E-state index contributed by atoms with van der Waals surface area (Å²) in [5, 5.41) is 12.7. The second kappa shape index (κ2) is 6.00. The zero-order chi connectivity index (χ0) is 16.4. The third-order valence-corrected chi connectivity index (χ3v) is 3.70. The van der Waals surface area contributed by atoms with E-state index < -0.39 is 5.97 Å². The normalized spacial score (nSPS) is 10.7. The Kier molecular flexibility index (Phi) is 3.89. The summed E-state index contributed by atoms with van der Waals surface area (Å²) in [6.45, 7) is 0.550. The van der Waals surface area contributed by atoms with Gasteiger partial charge < -0.3 is 15.3 Å². The number of pyridine rings is 1. The third-order valence-electron chi connectivity index (χ3n) is 3.70. The Hall–Kier alpha value is -3.02. The van der Waals surface area contributed by atoms with E-state index >= 15 is 0 Å². The predicted octanol–water partition coefficient (Wildman–Crippen LogP) is 2.71. The van der Waals surface area contributed by atoms with Crippen LogP contribution in [0.1, 0.15) is 16.1 Å². The van der Waals surface area contributed by atoms with Crippen LogP contribution in [0.15, 0.2) is 48.8 Å². The van der Waals surface area contributed by atoms with Crippen LogP contribution >= 0.6 is 0 Å². The number of nitrogens with one attached hydrogen (secondary N) is 1. The van der Waals surface area contributed by atoms with Crippen molar-refractivity contribution in [3.63, 3.8) is 0 Å². The molecule has 0 spiro atoms. The molecule has 0 fully saturated rings. The monoisotopic (exact) mass is 310 g/mol. The van der Waals surface area contributed by atoms with Crippen LogP contribution in [0.4, 0.5) is 11.4 Å². The van der Waals surface area contributed by atoms with Crippen molar-refractivity contribution in [2.75, 3.05) is 24.3 Å². The van der Waals surface area contributed by atoms with E-state index in [0.29, 0.717) is 17.9 Å². The van der Waals surface area contributed by atoms with Gasteiger partial charge in [-0.3, -0.25) is 4.40 Å². The molecule has 0 bridgehead atoms. The fraction of sp³-hybridized carbons (Fsp3) is 0.176. The molecule has 0 saturated heterocycles. The van der Waals surface area contributed by atoms with E-state index in [1.807, 2.05) is 43.3 Å². The zero-order valence-corrected chi connectivity index (χ0v) is 13.0. The maximum Gasteiger partial charge on any atom is 0.355 e. The first kappa shape index (κ1) is 14.9. The molecule has 6 nitrogen and oxygen atoms in total. The molecule has 0 aliphatic carbocycles. The van der Waals surface area contributed by atoms with E-state index in [-0.39, 0.29) is 5.69 Å². The maximum atomic E-state index is 11.6. The Morgan fingerprint density at radius 1 is 1.22 bits per heavy atom. The van der Waals surface area contributed by atoms with Crippen LogP contribution in [0.2, 0.25) is 0 Å². The number of carboxylic acids is 1.